The van der Waals surface area contributed by atoms with Gasteiger partial charge in [-0.1, -0.05) is 30.3 Å². The van der Waals surface area contributed by atoms with Crippen molar-refractivity contribution in [2.75, 3.05) is 13.6 Å². The van der Waals surface area contributed by atoms with Crippen LogP contribution in [-0.4, -0.2) is 19.4 Å². The summed E-state index contributed by atoms with van der Waals surface area (Å²) in [6, 6.07) is 9.07. The average Bonchev–Trinajstić information content (AvgIpc) is 2.19. The molecule has 1 aromatic rings. The molecule has 0 aromatic heterocycles. The molecular weight excluding hydrogens is 176 g/mol. The smallest absolute Gasteiger partial charge is 0.187 e. The van der Waals surface area contributed by atoms with Gasteiger partial charge in [0.1, 0.15) is 0 Å². The van der Waals surface area contributed by atoms with Crippen molar-refractivity contribution in [2.24, 2.45) is 5.73 Å². The molecule has 0 aliphatic carbocycles. The Balaban J connectivity index is 2.72. The fourth-order valence-corrected chi connectivity index (χ4v) is 1.11. The molecule has 3 nitrogen and oxygen atoms in total. The maximum atomic E-state index is 11.5. The summed E-state index contributed by atoms with van der Waals surface area (Å²) in [5, 5.41) is 2.88. The monoisotopic (exact) mass is 190 g/mol. The largest absolute Gasteiger partial charge is 0.401 e. The Labute approximate surface area is 83.6 Å². The van der Waals surface area contributed by atoms with Crippen molar-refractivity contribution in [2.45, 2.75) is 0 Å². The SMILES string of the molecule is CNC/C(N)=C/C(=O)c1ccccc1. The topological polar surface area (TPSA) is 55.1 Å². The van der Waals surface area contributed by atoms with Gasteiger partial charge in [0.2, 0.25) is 0 Å². The predicted octanol–water partition coefficient (Wildman–Crippen LogP) is 0.931. The summed E-state index contributed by atoms with van der Waals surface area (Å²) >= 11 is 0. The summed E-state index contributed by atoms with van der Waals surface area (Å²) in [7, 11) is 1.79. The number of likely N-dealkylation sites (N-methyl/N-ethyl adjacent to an activating group) is 1. The van der Waals surface area contributed by atoms with Gasteiger partial charge in [0.15, 0.2) is 5.78 Å². The minimum absolute atomic E-state index is 0.0571. The number of nitrogens with one attached hydrogen (secondary N) is 1. The molecule has 3 N–H and O–H groups in total. The Morgan fingerprint density at radius 2 is 2.07 bits per heavy atom. The van der Waals surface area contributed by atoms with Gasteiger partial charge in [-0.05, 0) is 7.05 Å². The van der Waals surface area contributed by atoms with Crippen molar-refractivity contribution in [3.63, 3.8) is 0 Å². The van der Waals surface area contributed by atoms with E-state index in [1.54, 1.807) is 19.2 Å². The molecule has 0 spiro atoms. The van der Waals surface area contributed by atoms with Crippen LogP contribution in [0.5, 0.6) is 0 Å². The van der Waals surface area contributed by atoms with Gasteiger partial charge in [-0.15, -0.1) is 0 Å². The maximum absolute atomic E-state index is 11.5. The highest BCUT2D eigenvalue weighted by atomic mass is 16.1. The normalized spacial score (nSPS) is 11.4. The van der Waals surface area contributed by atoms with Crippen LogP contribution in [0.1, 0.15) is 10.4 Å². The number of hydrogen-bond donors (Lipinski definition) is 2. The van der Waals surface area contributed by atoms with E-state index in [1.807, 2.05) is 18.2 Å². The molecule has 0 amide bonds. The van der Waals surface area contributed by atoms with E-state index in [4.69, 9.17) is 5.73 Å². The van der Waals surface area contributed by atoms with E-state index in [9.17, 15) is 4.79 Å². The first-order chi connectivity index (χ1) is 6.74. The number of carbonyl (C=O) groups is 1. The second kappa shape index (κ2) is 5.19. The lowest BCUT2D eigenvalue weighted by molar-refractivity contribution is 0.104. The molecule has 3 heteroatoms. The van der Waals surface area contributed by atoms with Gasteiger partial charge < -0.3 is 11.1 Å². The molecule has 0 saturated heterocycles. The highest BCUT2D eigenvalue weighted by Gasteiger charge is 2.01. The molecule has 0 aliphatic heterocycles. The maximum Gasteiger partial charge on any atom is 0.187 e. The van der Waals surface area contributed by atoms with E-state index in [1.165, 1.54) is 6.08 Å². The number of benzene rings is 1. The highest BCUT2D eigenvalue weighted by Crippen LogP contribution is 2.01. The standard InChI is InChI=1S/C11H14N2O/c1-13-8-10(12)7-11(14)9-5-3-2-4-6-9/h2-7,13H,8,12H2,1H3/b10-7-. The van der Waals surface area contributed by atoms with E-state index < -0.39 is 0 Å². The fraction of sp³-hybridized carbons (Fsp3) is 0.182. The van der Waals surface area contributed by atoms with E-state index in [0.717, 1.165) is 0 Å². The average molecular weight is 190 g/mol. The Bertz CT molecular complexity index is 330. The lowest BCUT2D eigenvalue weighted by atomic mass is 10.1. The molecular formula is C11H14N2O. The minimum Gasteiger partial charge on any atom is -0.401 e. The van der Waals surface area contributed by atoms with Crippen molar-refractivity contribution in [1.29, 1.82) is 0 Å². The Kier molecular flexibility index (Phi) is 3.88. The molecule has 14 heavy (non-hydrogen) atoms. The number of carbonyl (C=O) groups excluding carboxylic acids is 1. The zero-order chi connectivity index (χ0) is 10.4. The lowest BCUT2D eigenvalue weighted by Crippen LogP contribution is -2.17. The summed E-state index contributed by atoms with van der Waals surface area (Å²) in [5.74, 6) is -0.0571. The zero-order valence-electron chi connectivity index (χ0n) is 8.16. The Hall–Kier alpha value is -1.61. The number of hydrogen-bond acceptors (Lipinski definition) is 3. The van der Waals surface area contributed by atoms with E-state index in [0.29, 0.717) is 17.8 Å². The fourth-order valence-electron chi connectivity index (χ4n) is 1.11. The third-order valence-corrected chi connectivity index (χ3v) is 1.76. The van der Waals surface area contributed by atoms with Crippen LogP contribution in [0.3, 0.4) is 0 Å². The summed E-state index contributed by atoms with van der Waals surface area (Å²) in [5.41, 5.74) is 6.80. The van der Waals surface area contributed by atoms with Crippen molar-refractivity contribution >= 4 is 5.78 Å². The summed E-state index contributed by atoms with van der Waals surface area (Å²) < 4.78 is 0. The van der Waals surface area contributed by atoms with Gasteiger partial charge in [-0.3, -0.25) is 4.79 Å². The molecule has 0 saturated carbocycles. The van der Waals surface area contributed by atoms with Crippen LogP contribution >= 0.6 is 0 Å². The van der Waals surface area contributed by atoms with Crippen LogP contribution in [0.2, 0.25) is 0 Å². The van der Waals surface area contributed by atoms with Gasteiger partial charge in [0.05, 0.1) is 0 Å². The summed E-state index contributed by atoms with van der Waals surface area (Å²) in [4.78, 5) is 11.5. The van der Waals surface area contributed by atoms with Crippen LogP contribution in [0, 0.1) is 0 Å². The predicted molar refractivity (Wildman–Crippen MR) is 57.0 cm³/mol. The van der Waals surface area contributed by atoms with Crippen LogP contribution in [0.25, 0.3) is 0 Å². The molecule has 0 bridgehead atoms. The molecule has 0 radical (unpaired) electrons. The van der Waals surface area contributed by atoms with Gasteiger partial charge in [0.25, 0.3) is 0 Å². The number of rotatable bonds is 4. The lowest BCUT2D eigenvalue weighted by Gasteiger charge is -1.99. The van der Waals surface area contributed by atoms with Crippen molar-refractivity contribution in [1.82, 2.24) is 5.32 Å². The highest BCUT2D eigenvalue weighted by molar-refractivity contribution is 6.04. The van der Waals surface area contributed by atoms with Crippen LogP contribution < -0.4 is 11.1 Å². The molecule has 1 aromatic carbocycles. The van der Waals surface area contributed by atoms with Crippen LogP contribution in [0.4, 0.5) is 0 Å². The van der Waals surface area contributed by atoms with Crippen LogP contribution in [-0.2, 0) is 0 Å². The molecule has 1 rings (SSSR count). The van der Waals surface area contributed by atoms with Gasteiger partial charge in [-0.25, -0.2) is 0 Å². The van der Waals surface area contributed by atoms with Crippen molar-refractivity contribution < 1.29 is 4.79 Å². The van der Waals surface area contributed by atoms with E-state index in [-0.39, 0.29) is 5.78 Å². The number of allylic oxidation sites excluding steroid dienone is 1. The molecule has 0 fully saturated rings. The second-order valence-electron chi connectivity index (χ2n) is 2.98. The van der Waals surface area contributed by atoms with E-state index >= 15 is 0 Å². The van der Waals surface area contributed by atoms with E-state index in [2.05, 4.69) is 5.32 Å². The molecule has 0 unspecified atom stereocenters. The third kappa shape index (κ3) is 3.03. The third-order valence-electron chi connectivity index (χ3n) is 1.76. The molecule has 74 valence electrons. The first kappa shape index (κ1) is 10.5. The minimum atomic E-state index is -0.0571. The Morgan fingerprint density at radius 3 is 2.64 bits per heavy atom. The van der Waals surface area contributed by atoms with Crippen molar-refractivity contribution in [3.05, 3.63) is 47.7 Å². The second-order valence-corrected chi connectivity index (χ2v) is 2.98. The quantitative estimate of drug-likeness (QED) is 0.548. The molecule has 0 heterocycles. The molecule has 0 aliphatic rings. The first-order valence-corrected chi connectivity index (χ1v) is 4.44. The van der Waals surface area contributed by atoms with Gasteiger partial charge in [0, 0.05) is 23.9 Å². The van der Waals surface area contributed by atoms with Crippen molar-refractivity contribution in [3.8, 4) is 0 Å². The summed E-state index contributed by atoms with van der Waals surface area (Å²) in [6.07, 6.45) is 1.45. The number of nitrogens with two attached hydrogens (primary N) is 1. The summed E-state index contributed by atoms with van der Waals surface area (Å²) in [6.45, 7) is 0.526. The van der Waals surface area contributed by atoms with Gasteiger partial charge in [-0.2, -0.15) is 0 Å². The zero-order valence-corrected chi connectivity index (χ0v) is 8.16. The number of ketones is 1. The van der Waals surface area contributed by atoms with Gasteiger partial charge >= 0.3 is 0 Å². The molecule has 0 atom stereocenters. The van der Waals surface area contributed by atoms with Crippen LogP contribution in [0.15, 0.2) is 42.1 Å². The Morgan fingerprint density at radius 1 is 1.43 bits per heavy atom. The first-order valence-electron chi connectivity index (χ1n) is 4.44.